The van der Waals surface area contributed by atoms with Crippen LogP contribution in [0.5, 0.6) is 0 Å². The van der Waals surface area contributed by atoms with E-state index in [1.165, 1.54) is 0 Å². The Morgan fingerprint density at radius 2 is 1.94 bits per heavy atom. The van der Waals surface area contributed by atoms with Crippen molar-refractivity contribution in [3.8, 4) is 0 Å². The SMILES string of the molecule is Cn1ccc(C(NN)c2cc(Br)cc(Br)c2)n1. The minimum Gasteiger partial charge on any atom is -0.275 e. The van der Waals surface area contributed by atoms with Crippen molar-refractivity contribution < 1.29 is 0 Å². The fourth-order valence-electron chi connectivity index (χ4n) is 1.68. The summed E-state index contributed by atoms with van der Waals surface area (Å²) in [6, 6.07) is 7.84. The number of hydrogen-bond donors (Lipinski definition) is 2. The van der Waals surface area contributed by atoms with Crippen LogP contribution in [0.1, 0.15) is 17.3 Å². The Hall–Kier alpha value is -0.690. The van der Waals surface area contributed by atoms with E-state index in [9.17, 15) is 0 Å². The Morgan fingerprint density at radius 3 is 2.41 bits per heavy atom. The molecule has 0 radical (unpaired) electrons. The summed E-state index contributed by atoms with van der Waals surface area (Å²) in [4.78, 5) is 0. The fraction of sp³-hybridized carbons (Fsp3) is 0.182. The summed E-state index contributed by atoms with van der Waals surface area (Å²) in [5.41, 5.74) is 4.72. The van der Waals surface area contributed by atoms with Gasteiger partial charge in [-0.25, -0.2) is 5.43 Å². The zero-order valence-electron chi connectivity index (χ0n) is 9.19. The normalized spacial score (nSPS) is 12.7. The third kappa shape index (κ3) is 2.95. The summed E-state index contributed by atoms with van der Waals surface area (Å²) < 4.78 is 3.75. The Balaban J connectivity index is 2.41. The molecule has 4 nitrogen and oxygen atoms in total. The first-order valence-electron chi connectivity index (χ1n) is 5.02. The van der Waals surface area contributed by atoms with E-state index in [1.54, 1.807) is 4.68 Å². The lowest BCUT2D eigenvalue weighted by Gasteiger charge is -2.14. The fourth-order valence-corrected chi connectivity index (χ4v) is 3.01. The molecule has 1 aromatic heterocycles. The molecule has 0 aliphatic carbocycles. The number of halogens is 2. The molecule has 2 aromatic rings. The second-order valence-corrected chi connectivity index (χ2v) is 5.55. The standard InChI is InChI=1S/C11H12Br2N4/c1-17-3-2-10(16-17)11(15-14)7-4-8(12)6-9(13)5-7/h2-6,11,15H,14H2,1H3. The highest BCUT2D eigenvalue weighted by atomic mass is 79.9. The van der Waals surface area contributed by atoms with Gasteiger partial charge in [0.1, 0.15) is 0 Å². The Bertz CT molecular complexity index is 504. The van der Waals surface area contributed by atoms with Crippen LogP contribution in [0.15, 0.2) is 39.4 Å². The van der Waals surface area contributed by atoms with Crippen molar-refractivity contribution in [2.24, 2.45) is 12.9 Å². The molecule has 0 aliphatic heterocycles. The van der Waals surface area contributed by atoms with Crippen LogP contribution < -0.4 is 11.3 Å². The number of aromatic nitrogens is 2. The summed E-state index contributed by atoms with van der Waals surface area (Å²) in [7, 11) is 1.88. The van der Waals surface area contributed by atoms with Crippen molar-refractivity contribution in [3.63, 3.8) is 0 Å². The largest absolute Gasteiger partial charge is 0.275 e. The van der Waals surface area contributed by atoms with Gasteiger partial charge in [-0.2, -0.15) is 5.10 Å². The third-order valence-electron chi connectivity index (χ3n) is 2.41. The number of nitrogens with two attached hydrogens (primary N) is 1. The van der Waals surface area contributed by atoms with E-state index in [0.717, 1.165) is 20.2 Å². The summed E-state index contributed by atoms with van der Waals surface area (Å²) in [6.07, 6.45) is 1.90. The average molecular weight is 360 g/mol. The van der Waals surface area contributed by atoms with Gasteiger partial charge in [0.2, 0.25) is 0 Å². The van der Waals surface area contributed by atoms with Crippen LogP contribution >= 0.6 is 31.9 Å². The smallest absolute Gasteiger partial charge is 0.0900 e. The number of nitrogens with zero attached hydrogens (tertiary/aromatic N) is 2. The molecule has 2 rings (SSSR count). The van der Waals surface area contributed by atoms with Gasteiger partial charge < -0.3 is 0 Å². The molecule has 3 N–H and O–H groups in total. The van der Waals surface area contributed by atoms with E-state index in [2.05, 4.69) is 42.4 Å². The molecule has 6 heteroatoms. The first kappa shape index (κ1) is 12.8. The highest BCUT2D eigenvalue weighted by Gasteiger charge is 2.15. The van der Waals surface area contributed by atoms with Gasteiger partial charge in [-0.15, -0.1) is 0 Å². The van der Waals surface area contributed by atoms with Gasteiger partial charge >= 0.3 is 0 Å². The van der Waals surface area contributed by atoms with E-state index in [-0.39, 0.29) is 6.04 Å². The Labute approximate surface area is 116 Å². The van der Waals surface area contributed by atoms with Crippen LogP contribution in [0.25, 0.3) is 0 Å². The van der Waals surface area contributed by atoms with Gasteiger partial charge in [-0.1, -0.05) is 31.9 Å². The maximum Gasteiger partial charge on any atom is 0.0900 e. The lowest BCUT2D eigenvalue weighted by molar-refractivity contribution is 0.603. The van der Waals surface area contributed by atoms with Crippen LogP contribution in [-0.2, 0) is 7.05 Å². The van der Waals surface area contributed by atoms with Crippen LogP contribution in [-0.4, -0.2) is 9.78 Å². The molecule has 0 aliphatic rings. The molecule has 1 heterocycles. The first-order chi connectivity index (χ1) is 8.10. The van der Waals surface area contributed by atoms with E-state index in [4.69, 9.17) is 5.84 Å². The molecular weight excluding hydrogens is 348 g/mol. The highest BCUT2D eigenvalue weighted by molar-refractivity contribution is 9.11. The van der Waals surface area contributed by atoms with Crippen molar-refractivity contribution in [1.82, 2.24) is 15.2 Å². The molecule has 17 heavy (non-hydrogen) atoms. The maximum absolute atomic E-state index is 5.62. The summed E-state index contributed by atoms with van der Waals surface area (Å²) >= 11 is 6.93. The summed E-state index contributed by atoms with van der Waals surface area (Å²) in [5, 5.41) is 4.36. The lowest BCUT2D eigenvalue weighted by Crippen LogP contribution is -2.29. The monoisotopic (exact) mass is 358 g/mol. The second-order valence-electron chi connectivity index (χ2n) is 3.72. The molecule has 90 valence electrons. The maximum atomic E-state index is 5.62. The number of benzene rings is 1. The third-order valence-corrected chi connectivity index (χ3v) is 3.33. The molecule has 0 saturated heterocycles. The average Bonchev–Trinajstić information content (AvgIpc) is 2.64. The van der Waals surface area contributed by atoms with Crippen molar-refractivity contribution in [3.05, 3.63) is 50.7 Å². The van der Waals surface area contributed by atoms with Crippen molar-refractivity contribution in [1.29, 1.82) is 0 Å². The molecule has 1 aromatic carbocycles. The van der Waals surface area contributed by atoms with Crippen molar-refractivity contribution in [2.45, 2.75) is 6.04 Å². The molecular formula is C11H12Br2N4. The van der Waals surface area contributed by atoms with Gasteiger partial charge in [0, 0.05) is 22.2 Å². The predicted molar refractivity (Wildman–Crippen MR) is 74.2 cm³/mol. The molecule has 0 fully saturated rings. The molecule has 0 amide bonds. The number of nitrogens with one attached hydrogen (secondary N) is 1. The zero-order valence-corrected chi connectivity index (χ0v) is 12.4. The molecule has 1 atom stereocenters. The summed E-state index contributed by atoms with van der Waals surface area (Å²) in [5.74, 6) is 5.62. The van der Waals surface area contributed by atoms with Crippen molar-refractivity contribution in [2.75, 3.05) is 0 Å². The van der Waals surface area contributed by atoms with E-state index in [1.807, 2.05) is 37.5 Å². The molecule has 0 saturated carbocycles. The van der Waals surface area contributed by atoms with Gasteiger partial charge in [-0.3, -0.25) is 10.5 Å². The quantitative estimate of drug-likeness (QED) is 0.654. The van der Waals surface area contributed by atoms with Crippen LogP contribution in [0, 0.1) is 0 Å². The second kappa shape index (κ2) is 5.30. The number of rotatable bonds is 3. The van der Waals surface area contributed by atoms with Gasteiger partial charge in [0.15, 0.2) is 0 Å². The number of aryl methyl sites for hydroxylation is 1. The molecule has 1 unspecified atom stereocenters. The van der Waals surface area contributed by atoms with Crippen LogP contribution in [0.4, 0.5) is 0 Å². The highest BCUT2D eigenvalue weighted by Crippen LogP contribution is 2.26. The summed E-state index contributed by atoms with van der Waals surface area (Å²) in [6.45, 7) is 0. The van der Waals surface area contributed by atoms with E-state index < -0.39 is 0 Å². The zero-order chi connectivity index (χ0) is 12.4. The van der Waals surface area contributed by atoms with Gasteiger partial charge in [0.05, 0.1) is 11.7 Å². The van der Waals surface area contributed by atoms with Crippen LogP contribution in [0.2, 0.25) is 0 Å². The van der Waals surface area contributed by atoms with E-state index >= 15 is 0 Å². The molecule has 0 bridgehead atoms. The first-order valence-corrected chi connectivity index (χ1v) is 6.60. The van der Waals surface area contributed by atoms with Crippen molar-refractivity contribution >= 4 is 31.9 Å². The van der Waals surface area contributed by atoms with Gasteiger partial charge in [-0.05, 0) is 29.8 Å². The topological polar surface area (TPSA) is 55.9 Å². The van der Waals surface area contributed by atoms with E-state index in [0.29, 0.717) is 0 Å². The minimum atomic E-state index is -0.120. The Morgan fingerprint density at radius 1 is 1.29 bits per heavy atom. The van der Waals surface area contributed by atoms with Gasteiger partial charge in [0.25, 0.3) is 0 Å². The minimum absolute atomic E-state index is 0.120. The predicted octanol–water partition coefficient (Wildman–Crippen LogP) is 2.50. The number of hydrazine groups is 1. The molecule has 0 spiro atoms. The van der Waals surface area contributed by atoms with Crippen LogP contribution in [0.3, 0.4) is 0 Å². The lowest BCUT2D eigenvalue weighted by atomic mass is 10.1. The Kier molecular flexibility index (Phi) is 3.98. The number of hydrogen-bond acceptors (Lipinski definition) is 3.